The zero-order valence-corrected chi connectivity index (χ0v) is 9.37. The topological polar surface area (TPSA) is 36.3 Å². The Morgan fingerprint density at radius 1 is 1.40 bits per heavy atom. The minimum Gasteiger partial charge on any atom is -0.497 e. The summed E-state index contributed by atoms with van der Waals surface area (Å²) in [6.45, 7) is 1.21. The van der Waals surface area contributed by atoms with Crippen LogP contribution in [0, 0.1) is 11.3 Å². The molecule has 1 aromatic rings. The van der Waals surface area contributed by atoms with Crippen LogP contribution in [0.2, 0.25) is 0 Å². The van der Waals surface area contributed by atoms with Gasteiger partial charge in [0, 0.05) is 19.5 Å². The molecule has 0 aromatic heterocycles. The first-order valence-electron chi connectivity index (χ1n) is 4.67. The lowest BCUT2D eigenvalue weighted by atomic mass is 10.2. The quantitative estimate of drug-likeness (QED) is 0.722. The molecule has 0 aliphatic heterocycles. The summed E-state index contributed by atoms with van der Waals surface area (Å²) in [4.78, 5) is 0. The molecule has 0 saturated carbocycles. The molecule has 0 heterocycles. The molecule has 1 aromatic carbocycles. The number of nitrogens with zero attached hydrogens (tertiary/aromatic N) is 2. The van der Waals surface area contributed by atoms with Crippen LogP contribution in [0.15, 0.2) is 24.3 Å². The molecule has 0 aliphatic carbocycles. The fourth-order valence-electron chi connectivity index (χ4n) is 1.18. The van der Waals surface area contributed by atoms with Gasteiger partial charge in [0.25, 0.3) is 0 Å². The molecule has 0 saturated heterocycles. The second kappa shape index (κ2) is 6.28. The average Bonchev–Trinajstić information content (AvgIpc) is 2.27. The van der Waals surface area contributed by atoms with Crippen LogP contribution < -0.4 is 4.74 Å². The number of hydrogen-bond acceptors (Lipinski definition) is 3. The van der Waals surface area contributed by atoms with Crippen LogP contribution in [0.5, 0.6) is 5.75 Å². The Morgan fingerprint density at radius 3 is 2.60 bits per heavy atom. The maximum Gasteiger partial charge on any atom is 0.118 e. The first-order chi connectivity index (χ1) is 7.26. The van der Waals surface area contributed by atoms with E-state index in [-0.39, 0.29) is 0 Å². The molecule has 0 radical (unpaired) electrons. The SMILES string of the molecule is COc1ccc(CN(Cl)CCC#N)cc1. The van der Waals surface area contributed by atoms with Gasteiger partial charge in [0.15, 0.2) is 0 Å². The molecule has 80 valence electrons. The van der Waals surface area contributed by atoms with Gasteiger partial charge in [0.05, 0.1) is 13.2 Å². The third-order valence-electron chi connectivity index (χ3n) is 1.98. The Balaban J connectivity index is 2.46. The van der Waals surface area contributed by atoms with Crippen LogP contribution in [0.4, 0.5) is 0 Å². The van der Waals surface area contributed by atoms with Gasteiger partial charge in [-0.05, 0) is 29.5 Å². The van der Waals surface area contributed by atoms with Crippen molar-refractivity contribution in [2.24, 2.45) is 0 Å². The molecule has 15 heavy (non-hydrogen) atoms. The summed E-state index contributed by atoms with van der Waals surface area (Å²) >= 11 is 5.92. The largest absolute Gasteiger partial charge is 0.497 e. The predicted molar refractivity (Wildman–Crippen MR) is 59.5 cm³/mol. The summed E-state index contributed by atoms with van der Waals surface area (Å²) in [5, 5.41) is 8.40. The molecule has 0 spiro atoms. The molecule has 0 aliphatic rings. The van der Waals surface area contributed by atoms with Gasteiger partial charge in [-0.25, -0.2) is 4.42 Å². The number of rotatable bonds is 5. The number of ether oxygens (including phenoxy) is 1. The van der Waals surface area contributed by atoms with Crippen LogP contribution in [-0.2, 0) is 6.54 Å². The lowest BCUT2D eigenvalue weighted by Crippen LogP contribution is -2.12. The second-order valence-electron chi connectivity index (χ2n) is 3.10. The third-order valence-corrected chi connectivity index (χ3v) is 2.27. The van der Waals surface area contributed by atoms with Gasteiger partial charge < -0.3 is 4.74 Å². The highest BCUT2D eigenvalue weighted by Gasteiger charge is 2.02. The van der Waals surface area contributed by atoms with Crippen molar-refractivity contribution in [1.29, 1.82) is 5.26 Å². The molecule has 1 rings (SSSR count). The van der Waals surface area contributed by atoms with Gasteiger partial charge in [-0.2, -0.15) is 5.26 Å². The predicted octanol–water partition coefficient (Wildman–Crippen LogP) is 2.56. The molecule has 0 atom stereocenters. The zero-order valence-electron chi connectivity index (χ0n) is 8.61. The smallest absolute Gasteiger partial charge is 0.118 e. The van der Waals surface area contributed by atoms with Crippen molar-refractivity contribution >= 4 is 11.8 Å². The van der Waals surface area contributed by atoms with E-state index in [2.05, 4.69) is 6.07 Å². The maximum atomic E-state index is 8.40. The highest BCUT2D eigenvalue weighted by atomic mass is 35.5. The van der Waals surface area contributed by atoms with E-state index in [9.17, 15) is 0 Å². The Kier molecular flexibility index (Phi) is 4.96. The van der Waals surface area contributed by atoms with E-state index < -0.39 is 0 Å². The normalized spacial score (nSPS) is 10.0. The van der Waals surface area contributed by atoms with Gasteiger partial charge in [-0.3, -0.25) is 0 Å². The van der Waals surface area contributed by atoms with Crippen molar-refractivity contribution in [1.82, 2.24) is 4.42 Å². The molecule has 0 bridgehead atoms. The van der Waals surface area contributed by atoms with Crippen LogP contribution in [0.25, 0.3) is 0 Å². The van der Waals surface area contributed by atoms with Crippen molar-refractivity contribution in [3.8, 4) is 11.8 Å². The number of benzene rings is 1. The highest BCUT2D eigenvalue weighted by molar-refractivity contribution is 6.13. The molecule has 0 unspecified atom stereocenters. The first-order valence-corrected chi connectivity index (χ1v) is 5.00. The Bertz CT molecular complexity index is 331. The Labute approximate surface area is 94.9 Å². The summed E-state index contributed by atoms with van der Waals surface area (Å²) in [7, 11) is 1.63. The maximum absolute atomic E-state index is 8.40. The molecule has 4 heteroatoms. The number of hydrogen-bond donors (Lipinski definition) is 0. The van der Waals surface area contributed by atoms with Gasteiger partial charge in [0.1, 0.15) is 5.75 Å². The van der Waals surface area contributed by atoms with Crippen LogP contribution in [0.3, 0.4) is 0 Å². The fraction of sp³-hybridized carbons (Fsp3) is 0.364. The van der Waals surface area contributed by atoms with Crippen molar-refractivity contribution in [3.05, 3.63) is 29.8 Å². The summed E-state index contributed by atoms with van der Waals surface area (Å²) < 4.78 is 6.65. The second-order valence-corrected chi connectivity index (χ2v) is 3.58. The van der Waals surface area contributed by atoms with E-state index in [0.29, 0.717) is 19.5 Å². The summed E-state index contributed by atoms with van der Waals surface area (Å²) in [5.74, 6) is 0.830. The zero-order chi connectivity index (χ0) is 11.1. The number of nitriles is 1. The van der Waals surface area contributed by atoms with Gasteiger partial charge >= 0.3 is 0 Å². The molecular weight excluding hydrogens is 212 g/mol. The van der Waals surface area contributed by atoms with Crippen LogP contribution in [-0.4, -0.2) is 18.1 Å². The monoisotopic (exact) mass is 224 g/mol. The Morgan fingerprint density at radius 2 is 2.07 bits per heavy atom. The van der Waals surface area contributed by atoms with Crippen molar-refractivity contribution in [2.45, 2.75) is 13.0 Å². The standard InChI is InChI=1S/C11H13ClN2O/c1-15-11-5-3-10(4-6-11)9-14(12)8-2-7-13/h3-6H,2,8-9H2,1H3. The van der Waals surface area contributed by atoms with E-state index in [1.54, 1.807) is 11.5 Å². The highest BCUT2D eigenvalue weighted by Crippen LogP contribution is 2.13. The Hall–Kier alpha value is -1.24. The van der Waals surface area contributed by atoms with E-state index in [0.717, 1.165) is 11.3 Å². The van der Waals surface area contributed by atoms with Gasteiger partial charge in [-0.1, -0.05) is 12.1 Å². The molecule has 3 nitrogen and oxygen atoms in total. The van der Waals surface area contributed by atoms with Crippen molar-refractivity contribution < 1.29 is 4.74 Å². The van der Waals surface area contributed by atoms with E-state index in [4.69, 9.17) is 21.8 Å². The van der Waals surface area contributed by atoms with Crippen molar-refractivity contribution in [2.75, 3.05) is 13.7 Å². The fourth-order valence-corrected chi connectivity index (χ4v) is 1.40. The van der Waals surface area contributed by atoms with Gasteiger partial charge in [-0.15, -0.1) is 0 Å². The third kappa shape index (κ3) is 4.20. The molecule has 0 fully saturated rings. The van der Waals surface area contributed by atoms with Crippen LogP contribution in [0.1, 0.15) is 12.0 Å². The molecule has 0 N–H and O–H groups in total. The summed E-state index contributed by atoms with van der Waals surface area (Å²) in [6, 6.07) is 9.76. The van der Waals surface area contributed by atoms with E-state index in [1.165, 1.54) is 0 Å². The lowest BCUT2D eigenvalue weighted by molar-refractivity contribution is 0.414. The molecular formula is C11H13ClN2O. The molecule has 0 amide bonds. The summed E-state index contributed by atoms with van der Waals surface area (Å²) in [6.07, 6.45) is 0.444. The van der Waals surface area contributed by atoms with E-state index >= 15 is 0 Å². The minimum atomic E-state index is 0.444. The number of methoxy groups -OCH3 is 1. The average molecular weight is 225 g/mol. The minimum absolute atomic E-state index is 0.444. The van der Waals surface area contributed by atoms with Crippen LogP contribution >= 0.6 is 11.8 Å². The van der Waals surface area contributed by atoms with Crippen molar-refractivity contribution in [3.63, 3.8) is 0 Å². The lowest BCUT2D eigenvalue weighted by Gasteiger charge is -2.11. The van der Waals surface area contributed by atoms with E-state index in [1.807, 2.05) is 24.3 Å². The van der Waals surface area contributed by atoms with Gasteiger partial charge in [0.2, 0.25) is 0 Å². The number of halogens is 1. The summed E-state index contributed by atoms with van der Waals surface area (Å²) in [5.41, 5.74) is 1.10. The first kappa shape index (κ1) is 11.8.